The van der Waals surface area contributed by atoms with Crippen LogP contribution in [0.1, 0.15) is 69.3 Å². The lowest BCUT2D eigenvalue weighted by Gasteiger charge is -2.27. The maximum Gasteiger partial charge on any atom is 0.359 e. The van der Waals surface area contributed by atoms with Crippen LogP contribution in [0.4, 0.5) is 9.39 Å². The molecule has 1 aliphatic carbocycles. The SMILES string of the molecule is CCCCC1CCC(C(=O)Nc2scc3c(C(=O)OCC)nn(-c4ccccc4F)c(=O)c23)CC1. The average Bonchev–Trinajstić information content (AvgIpc) is 3.28. The van der Waals surface area contributed by atoms with Gasteiger partial charge in [0.25, 0.3) is 5.56 Å². The van der Waals surface area contributed by atoms with Crippen LogP contribution < -0.4 is 10.9 Å². The van der Waals surface area contributed by atoms with E-state index >= 15 is 0 Å². The molecule has 1 N–H and O–H groups in total. The Bertz CT molecular complexity index is 1280. The smallest absolute Gasteiger partial charge is 0.359 e. The van der Waals surface area contributed by atoms with Gasteiger partial charge in [0.1, 0.15) is 16.5 Å². The Morgan fingerprint density at radius 2 is 1.94 bits per heavy atom. The highest BCUT2D eigenvalue weighted by molar-refractivity contribution is 7.16. The number of carbonyl (C=O) groups excluding carboxylic acids is 2. The molecule has 1 amide bonds. The lowest BCUT2D eigenvalue weighted by Crippen LogP contribution is -2.29. The van der Waals surface area contributed by atoms with E-state index in [0.717, 1.165) is 41.7 Å². The second-order valence-corrected chi connectivity index (χ2v) is 9.82. The molecule has 1 saturated carbocycles. The highest BCUT2D eigenvalue weighted by Crippen LogP contribution is 2.35. The van der Waals surface area contributed by atoms with E-state index in [1.165, 1.54) is 37.5 Å². The zero-order chi connectivity index (χ0) is 24.9. The number of rotatable bonds is 8. The topological polar surface area (TPSA) is 90.3 Å². The summed E-state index contributed by atoms with van der Waals surface area (Å²) in [5.74, 6) is -0.951. The summed E-state index contributed by atoms with van der Waals surface area (Å²) in [6.45, 7) is 3.97. The Kier molecular flexibility index (Phi) is 7.95. The number of thiophene rings is 1. The number of ether oxygens (including phenoxy) is 1. The monoisotopic (exact) mass is 499 g/mol. The van der Waals surface area contributed by atoms with Crippen molar-refractivity contribution in [2.24, 2.45) is 11.8 Å². The predicted octanol–water partition coefficient (Wildman–Crippen LogP) is 5.70. The minimum absolute atomic E-state index is 0.0844. The van der Waals surface area contributed by atoms with Crippen molar-refractivity contribution in [3.05, 3.63) is 51.5 Å². The number of hydrogen-bond acceptors (Lipinski definition) is 6. The quantitative estimate of drug-likeness (QED) is 0.402. The van der Waals surface area contributed by atoms with E-state index in [-0.39, 0.29) is 40.6 Å². The number of nitrogens with zero attached hydrogens (tertiary/aromatic N) is 2. The molecular weight excluding hydrogens is 469 g/mol. The number of carbonyl (C=O) groups is 2. The second kappa shape index (κ2) is 11.1. The molecule has 0 unspecified atom stereocenters. The fourth-order valence-corrected chi connectivity index (χ4v) is 5.64. The molecule has 1 fully saturated rings. The van der Waals surface area contributed by atoms with E-state index in [2.05, 4.69) is 17.3 Å². The van der Waals surface area contributed by atoms with E-state index < -0.39 is 17.3 Å². The number of unbranched alkanes of at least 4 members (excludes halogenated alkanes) is 1. The van der Waals surface area contributed by atoms with Crippen LogP contribution in [-0.2, 0) is 9.53 Å². The van der Waals surface area contributed by atoms with Crippen molar-refractivity contribution in [3.8, 4) is 5.69 Å². The Balaban J connectivity index is 1.68. The standard InChI is InChI=1S/C26H30FN3O4S/c1-3-5-8-16-11-13-17(14-12-16)23(31)28-24-21-18(15-35-24)22(26(33)34-4-2)29-30(25(21)32)20-10-7-6-9-19(20)27/h6-7,9-10,15-17H,3-5,8,11-14H2,1-2H3,(H,28,31). The van der Waals surface area contributed by atoms with Crippen LogP contribution in [0.3, 0.4) is 0 Å². The van der Waals surface area contributed by atoms with Gasteiger partial charge in [0.05, 0.1) is 12.0 Å². The minimum atomic E-state index is -0.719. The van der Waals surface area contributed by atoms with Crippen LogP contribution in [0, 0.1) is 17.7 Å². The Morgan fingerprint density at radius 1 is 1.20 bits per heavy atom. The molecule has 35 heavy (non-hydrogen) atoms. The number of aromatic nitrogens is 2. The summed E-state index contributed by atoms with van der Waals surface area (Å²) in [4.78, 5) is 39.2. The summed E-state index contributed by atoms with van der Waals surface area (Å²) in [7, 11) is 0. The van der Waals surface area contributed by atoms with Crippen molar-refractivity contribution in [3.63, 3.8) is 0 Å². The normalized spacial score (nSPS) is 17.9. The van der Waals surface area contributed by atoms with Crippen LogP contribution in [0.2, 0.25) is 0 Å². The maximum absolute atomic E-state index is 14.5. The lowest BCUT2D eigenvalue weighted by molar-refractivity contribution is -0.121. The summed E-state index contributed by atoms with van der Waals surface area (Å²) >= 11 is 1.15. The molecule has 4 rings (SSSR count). The van der Waals surface area contributed by atoms with Gasteiger partial charge < -0.3 is 10.1 Å². The number of benzene rings is 1. The van der Waals surface area contributed by atoms with Gasteiger partial charge >= 0.3 is 5.97 Å². The fourth-order valence-electron chi connectivity index (χ4n) is 4.70. The number of fused-ring (bicyclic) bond motifs is 1. The number of halogens is 1. The molecule has 7 nitrogen and oxygen atoms in total. The molecule has 0 saturated heterocycles. The number of hydrogen-bond donors (Lipinski definition) is 1. The van der Waals surface area contributed by atoms with Crippen LogP contribution in [0.5, 0.6) is 0 Å². The van der Waals surface area contributed by atoms with Crippen molar-refractivity contribution < 1.29 is 18.7 Å². The molecule has 2 heterocycles. The summed E-state index contributed by atoms with van der Waals surface area (Å²) in [6.07, 6.45) is 7.30. The van der Waals surface area contributed by atoms with E-state index in [4.69, 9.17) is 4.74 Å². The molecule has 3 aromatic rings. The molecule has 0 bridgehead atoms. The molecule has 1 aliphatic rings. The molecule has 186 valence electrons. The summed E-state index contributed by atoms with van der Waals surface area (Å²) in [6, 6.07) is 5.70. The summed E-state index contributed by atoms with van der Waals surface area (Å²) in [5, 5.41) is 9.42. The Morgan fingerprint density at radius 3 is 2.63 bits per heavy atom. The number of anilines is 1. The summed E-state index contributed by atoms with van der Waals surface area (Å²) in [5.41, 5.74) is -0.797. The van der Waals surface area contributed by atoms with Gasteiger partial charge in [0.15, 0.2) is 5.69 Å². The maximum atomic E-state index is 14.5. The third-order valence-electron chi connectivity index (χ3n) is 6.62. The third kappa shape index (κ3) is 5.29. The van der Waals surface area contributed by atoms with E-state index in [1.807, 2.05) is 0 Å². The zero-order valence-corrected chi connectivity index (χ0v) is 20.8. The predicted molar refractivity (Wildman–Crippen MR) is 135 cm³/mol. The first-order chi connectivity index (χ1) is 16.9. The first-order valence-electron chi connectivity index (χ1n) is 12.2. The lowest BCUT2D eigenvalue weighted by atomic mass is 9.79. The molecule has 0 radical (unpaired) electrons. The minimum Gasteiger partial charge on any atom is -0.461 e. The number of para-hydroxylation sites is 1. The molecule has 9 heteroatoms. The van der Waals surface area contributed by atoms with Gasteiger partial charge in [-0.25, -0.2) is 9.18 Å². The largest absolute Gasteiger partial charge is 0.461 e. The molecule has 0 aliphatic heterocycles. The van der Waals surface area contributed by atoms with Crippen molar-refractivity contribution in [2.75, 3.05) is 11.9 Å². The summed E-state index contributed by atoms with van der Waals surface area (Å²) < 4.78 is 20.5. The van der Waals surface area contributed by atoms with Crippen LogP contribution >= 0.6 is 11.3 Å². The Hall–Kier alpha value is -3.07. The van der Waals surface area contributed by atoms with Gasteiger partial charge in [-0.1, -0.05) is 38.3 Å². The van der Waals surface area contributed by atoms with Crippen molar-refractivity contribution in [1.29, 1.82) is 0 Å². The first-order valence-corrected chi connectivity index (χ1v) is 13.1. The van der Waals surface area contributed by atoms with Crippen LogP contribution in [0.25, 0.3) is 16.5 Å². The fraction of sp³-hybridized carbons (Fsp3) is 0.462. The second-order valence-electron chi connectivity index (χ2n) is 8.94. The molecule has 0 spiro atoms. The third-order valence-corrected chi connectivity index (χ3v) is 7.52. The van der Waals surface area contributed by atoms with Gasteiger partial charge in [-0.2, -0.15) is 9.78 Å². The van der Waals surface area contributed by atoms with Crippen LogP contribution in [0.15, 0.2) is 34.4 Å². The van der Waals surface area contributed by atoms with Gasteiger partial charge in [-0.05, 0) is 50.7 Å². The molecule has 2 aromatic heterocycles. The highest BCUT2D eigenvalue weighted by atomic mass is 32.1. The number of amides is 1. The highest BCUT2D eigenvalue weighted by Gasteiger charge is 2.28. The first kappa shape index (κ1) is 25.0. The molecule has 0 atom stereocenters. The van der Waals surface area contributed by atoms with Crippen LogP contribution in [-0.4, -0.2) is 28.3 Å². The van der Waals surface area contributed by atoms with Gasteiger partial charge in [0.2, 0.25) is 5.91 Å². The van der Waals surface area contributed by atoms with E-state index in [9.17, 15) is 18.8 Å². The number of esters is 1. The molecule has 1 aromatic carbocycles. The van der Waals surface area contributed by atoms with Crippen molar-refractivity contribution in [1.82, 2.24) is 9.78 Å². The van der Waals surface area contributed by atoms with Gasteiger partial charge in [-0.3, -0.25) is 9.59 Å². The van der Waals surface area contributed by atoms with Crippen molar-refractivity contribution >= 4 is 39.0 Å². The Labute approximate surface area is 207 Å². The average molecular weight is 500 g/mol. The number of nitrogens with one attached hydrogen (secondary N) is 1. The zero-order valence-electron chi connectivity index (χ0n) is 20.0. The van der Waals surface area contributed by atoms with Gasteiger partial charge in [0, 0.05) is 16.7 Å². The molecular formula is C26H30FN3O4S. The van der Waals surface area contributed by atoms with Gasteiger partial charge in [-0.15, -0.1) is 11.3 Å². The van der Waals surface area contributed by atoms with E-state index in [1.54, 1.807) is 18.4 Å². The van der Waals surface area contributed by atoms with Crippen molar-refractivity contribution in [2.45, 2.75) is 58.8 Å². The van der Waals surface area contributed by atoms with E-state index in [0.29, 0.717) is 10.9 Å².